The Labute approximate surface area is 156 Å². The molecule has 2 aromatic carbocycles. The van der Waals surface area contributed by atoms with Crippen molar-refractivity contribution < 1.29 is 23.4 Å². The number of nitrogens with one attached hydrogen (secondary N) is 1. The highest BCUT2D eigenvalue weighted by atomic mass is 19.1. The quantitative estimate of drug-likeness (QED) is 0.873. The van der Waals surface area contributed by atoms with Crippen LogP contribution in [0.3, 0.4) is 0 Å². The fourth-order valence-corrected chi connectivity index (χ4v) is 3.39. The van der Waals surface area contributed by atoms with Gasteiger partial charge in [0.15, 0.2) is 11.5 Å². The number of hydrogen-bond acceptors (Lipinski definition) is 5. The van der Waals surface area contributed by atoms with Crippen molar-refractivity contribution in [3.8, 4) is 11.5 Å². The van der Waals surface area contributed by atoms with E-state index in [1.54, 1.807) is 6.07 Å². The van der Waals surface area contributed by atoms with Crippen molar-refractivity contribution in [2.24, 2.45) is 0 Å². The van der Waals surface area contributed by atoms with Gasteiger partial charge in [-0.25, -0.2) is 4.39 Å². The molecular weight excluding hydrogens is 351 g/mol. The number of fused-ring (bicyclic) bond motifs is 1. The first-order valence-corrected chi connectivity index (χ1v) is 8.96. The number of rotatable bonds is 5. The molecule has 2 aliphatic heterocycles. The van der Waals surface area contributed by atoms with Gasteiger partial charge in [0.05, 0.1) is 19.3 Å². The highest BCUT2D eigenvalue weighted by molar-refractivity contribution is 5.94. The second-order valence-corrected chi connectivity index (χ2v) is 6.50. The Hall–Kier alpha value is -2.64. The summed E-state index contributed by atoms with van der Waals surface area (Å²) in [4.78, 5) is 14.7. The summed E-state index contributed by atoms with van der Waals surface area (Å²) in [5, 5.41) is 2.93. The third kappa shape index (κ3) is 4.04. The Morgan fingerprint density at radius 2 is 1.93 bits per heavy atom. The lowest BCUT2D eigenvalue weighted by molar-refractivity contribution is 0.0162. The van der Waals surface area contributed by atoms with Crippen LogP contribution in [0.5, 0.6) is 11.5 Å². The van der Waals surface area contributed by atoms with E-state index in [0.717, 1.165) is 24.4 Å². The second-order valence-electron chi connectivity index (χ2n) is 6.50. The molecule has 1 amide bonds. The lowest BCUT2D eigenvalue weighted by atomic mass is 10.0. The Balaban J connectivity index is 1.52. The normalized spacial score (nSPS) is 17.5. The molecule has 2 aromatic rings. The lowest BCUT2D eigenvalue weighted by Gasteiger charge is -2.35. The summed E-state index contributed by atoms with van der Waals surface area (Å²) in [5.74, 6) is 0.710. The maximum atomic E-state index is 13.4. The van der Waals surface area contributed by atoms with Crippen molar-refractivity contribution in [1.29, 1.82) is 0 Å². The van der Waals surface area contributed by atoms with Crippen LogP contribution >= 0.6 is 0 Å². The molecule has 4 rings (SSSR count). The molecular formula is C20H21FN2O4. The molecule has 1 fully saturated rings. The molecule has 2 heterocycles. The second kappa shape index (κ2) is 7.94. The van der Waals surface area contributed by atoms with E-state index in [1.165, 1.54) is 18.2 Å². The Kier molecular flexibility index (Phi) is 5.22. The van der Waals surface area contributed by atoms with Gasteiger partial charge in [-0.2, -0.15) is 0 Å². The molecule has 1 atom stereocenters. The number of benzene rings is 2. The Morgan fingerprint density at radius 1 is 1.11 bits per heavy atom. The number of ether oxygens (including phenoxy) is 3. The average Bonchev–Trinajstić information content (AvgIpc) is 3.17. The standard InChI is InChI=1S/C20H21FN2O4/c21-16-3-1-2-15(10-16)20(24)22-12-17(23-6-8-25-9-7-23)14-4-5-18-19(11-14)27-13-26-18/h1-5,10-11,17H,6-9,12-13H2,(H,22,24)/t17-/m1/s1. The van der Waals surface area contributed by atoms with Gasteiger partial charge in [-0.15, -0.1) is 0 Å². The van der Waals surface area contributed by atoms with E-state index in [0.29, 0.717) is 31.1 Å². The number of halogens is 1. The molecule has 7 heteroatoms. The van der Waals surface area contributed by atoms with Crippen LogP contribution < -0.4 is 14.8 Å². The summed E-state index contributed by atoms with van der Waals surface area (Å²) in [7, 11) is 0. The maximum Gasteiger partial charge on any atom is 0.251 e. The van der Waals surface area contributed by atoms with Crippen LogP contribution in [0.15, 0.2) is 42.5 Å². The minimum Gasteiger partial charge on any atom is -0.454 e. The highest BCUT2D eigenvalue weighted by Crippen LogP contribution is 2.35. The van der Waals surface area contributed by atoms with E-state index in [4.69, 9.17) is 14.2 Å². The van der Waals surface area contributed by atoms with Crippen molar-refractivity contribution in [2.45, 2.75) is 6.04 Å². The lowest BCUT2D eigenvalue weighted by Crippen LogP contribution is -2.43. The molecule has 1 saturated heterocycles. The van der Waals surface area contributed by atoms with Crippen LogP contribution in [0.4, 0.5) is 4.39 Å². The summed E-state index contributed by atoms with van der Waals surface area (Å²) in [6.45, 7) is 3.47. The fourth-order valence-electron chi connectivity index (χ4n) is 3.39. The number of carbonyl (C=O) groups excluding carboxylic acids is 1. The van der Waals surface area contributed by atoms with Gasteiger partial charge in [-0.1, -0.05) is 12.1 Å². The molecule has 0 spiro atoms. The largest absolute Gasteiger partial charge is 0.454 e. The summed E-state index contributed by atoms with van der Waals surface area (Å²) in [6, 6.07) is 11.5. The number of hydrogen-bond donors (Lipinski definition) is 1. The van der Waals surface area contributed by atoms with Crippen molar-refractivity contribution in [3.63, 3.8) is 0 Å². The topological polar surface area (TPSA) is 60.0 Å². The summed E-state index contributed by atoms with van der Waals surface area (Å²) in [5.41, 5.74) is 1.34. The molecule has 6 nitrogen and oxygen atoms in total. The molecule has 2 aliphatic rings. The van der Waals surface area contributed by atoms with Crippen molar-refractivity contribution >= 4 is 5.91 Å². The fraction of sp³-hybridized carbons (Fsp3) is 0.350. The van der Waals surface area contributed by atoms with Crippen LogP contribution in [0.1, 0.15) is 22.0 Å². The third-order valence-electron chi connectivity index (χ3n) is 4.81. The number of morpholine rings is 1. The van der Waals surface area contributed by atoms with E-state index < -0.39 is 5.82 Å². The highest BCUT2D eigenvalue weighted by Gasteiger charge is 2.25. The zero-order chi connectivity index (χ0) is 18.6. The SMILES string of the molecule is O=C(NC[C@H](c1ccc2c(c1)OCO2)N1CCOCC1)c1cccc(F)c1. The van der Waals surface area contributed by atoms with E-state index in [9.17, 15) is 9.18 Å². The minimum absolute atomic E-state index is 0.0408. The van der Waals surface area contributed by atoms with Crippen LogP contribution in [-0.2, 0) is 4.74 Å². The number of nitrogens with zero attached hydrogens (tertiary/aromatic N) is 1. The van der Waals surface area contributed by atoms with E-state index >= 15 is 0 Å². The molecule has 0 aliphatic carbocycles. The first-order valence-electron chi connectivity index (χ1n) is 8.96. The van der Waals surface area contributed by atoms with E-state index in [1.807, 2.05) is 18.2 Å². The molecule has 27 heavy (non-hydrogen) atoms. The number of amides is 1. The van der Waals surface area contributed by atoms with Gasteiger partial charge in [-0.3, -0.25) is 9.69 Å². The van der Waals surface area contributed by atoms with Crippen molar-refractivity contribution in [1.82, 2.24) is 10.2 Å². The predicted molar refractivity (Wildman–Crippen MR) is 96.4 cm³/mol. The van der Waals surface area contributed by atoms with E-state index in [-0.39, 0.29) is 18.7 Å². The predicted octanol–water partition coefficient (Wildman–Crippen LogP) is 2.36. The molecule has 0 aromatic heterocycles. The first-order chi connectivity index (χ1) is 13.2. The van der Waals surface area contributed by atoms with Gasteiger partial charge in [0.2, 0.25) is 6.79 Å². The zero-order valence-corrected chi connectivity index (χ0v) is 14.8. The summed E-state index contributed by atoms with van der Waals surface area (Å²) >= 11 is 0. The van der Waals surface area contributed by atoms with Gasteiger partial charge < -0.3 is 19.5 Å². The summed E-state index contributed by atoms with van der Waals surface area (Å²) < 4.78 is 29.7. The first kappa shape index (κ1) is 17.8. The van der Waals surface area contributed by atoms with Gasteiger partial charge in [0.25, 0.3) is 5.91 Å². The zero-order valence-electron chi connectivity index (χ0n) is 14.8. The maximum absolute atomic E-state index is 13.4. The number of carbonyl (C=O) groups is 1. The van der Waals surface area contributed by atoms with Gasteiger partial charge in [0.1, 0.15) is 5.82 Å². The molecule has 0 saturated carbocycles. The Morgan fingerprint density at radius 3 is 2.74 bits per heavy atom. The van der Waals surface area contributed by atoms with Gasteiger partial charge >= 0.3 is 0 Å². The van der Waals surface area contributed by atoms with Crippen LogP contribution in [0.25, 0.3) is 0 Å². The molecule has 0 radical (unpaired) electrons. The Bertz CT molecular complexity index is 823. The van der Waals surface area contributed by atoms with Gasteiger partial charge in [0, 0.05) is 25.2 Å². The van der Waals surface area contributed by atoms with E-state index in [2.05, 4.69) is 10.2 Å². The smallest absolute Gasteiger partial charge is 0.251 e. The summed E-state index contributed by atoms with van der Waals surface area (Å²) in [6.07, 6.45) is 0. The van der Waals surface area contributed by atoms with Crippen molar-refractivity contribution in [3.05, 3.63) is 59.4 Å². The third-order valence-corrected chi connectivity index (χ3v) is 4.81. The average molecular weight is 372 g/mol. The van der Waals surface area contributed by atoms with Crippen LogP contribution in [-0.4, -0.2) is 50.4 Å². The molecule has 142 valence electrons. The van der Waals surface area contributed by atoms with Crippen molar-refractivity contribution in [2.75, 3.05) is 39.6 Å². The van der Waals surface area contributed by atoms with Gasteiger partial charge in [-0.05, 0) is 35.9 Å². The molecule has 0 bridgehead atoms. The van der Waals surface area contributed by atoms with Crippen LogP contribution in [0, 0.1) is 5.82 Å². The molecule has 0 unspecified atom stereocenters. The monoisotopic (exact) mass is 372 g/mol. The van der Waals surface area contributed by atoms with Crippen LogP contribution in [0.2, 0.25) is 0 Å². The minimum atomic E-state index is -0.428. The molecule has 1 N–H and O–H groups in total.